The topological polar surface area (TPSA) is 40.5 Å². The fraction of sp³-hybridized carbons (Fsp3) is 0.889. The quantitative estimate of drug-likeness (QED) is 0.644. The zero-order chi connectivity index (χ0) is 21.1. The highest BCUT2D eigenvalue weighted by Crippen LogP contribution is 2.67. The molecule has 8 unspecified atom stereocenters. The third-order valence-corrected chi connectivity index (χ3v) is 10.8. The fourth-order valence-corrected chi connectivity index (χ4v) is 9.14. The molecule has 0 amide bonds. The van der Waals surface area contributed by atoms with Gasteiger partial charge >= 0.3 is 0 Å². The maximum absolute atomic E-state index is 11.6. The van der Waals surface area contributed by atoms with Crippen molar-refractivity contribution in [2.75, 3.05) is 19.6 Å². The lowest BCUT2D eigenvalue weighted by Gasteiger charge is -2.58. The van der Waals surface area contributed by atoms with Gasteiger partial charge in [0.1, 0.15) is 5.78 Å². The van der Waals surface area contributed by atoms with Crippen LogP contribution < -0.4 is 0 Å². The number of aliphatic hydroxyl groups excluding tert-OH is 1. The monoisotopic (exact) mass is 413 g/mol. The van der Waals surface area contributed by atoms with Crippen LogP contribution in [0.1, 0.15) is 85.0 Å². The third kappa shape index (κ3) is 3.34. The lowest BCUT2D eigenvalue weighted by molar-refractivity contribution is -0.121. The summed E-state index contributed by atoms with van der Waals surface area (Å²) in [5.41, 5.74) is 2.45. The van der Waals surface area contributed by atoms with Gasteiger partial charge in [0.15, 0.2) is 0 Å². The number of carbonyl (C=O) groups is 1. The van der Waals surface area contributed by atoms with E-state index in [9.17, 15) is 9.90 Å². The summed E-state index contributed by atoms with van der Waals surface area (Å²) in [7, 11) is 0. The maximum atomic E-state index is 11.6. The molecule has 5 aliphatic rings. The van der Waals surface area contributed by atoms with Crippen molar-refractivity contribution in [3.63, 3.8) is 0 Å². The number of aliphatic hydroxyl groups is 1. The Morgan fingerprint density at radius 1 is 1.10 bits per heavy atom. The zero-order valence-corrected chi connectivity index (χ0v) is 19.5. The normalized spacial score (nSPS) is 47.8. The molecule has 30 heavy (non-hydrogen) atoms. The first-order chi connectivity index (χ1) is 14.3. The van der Waals surface area contributed by atoms with Gasteiger partial charge in [-0.3, -0.25) is 4.79 Å². The molecule has 1 saturated heterocycles. The number of Topliss-reactive ketones (excluding diaryl/α,β-unsaturated/α-hetero) is 1. The van der Waals surface area contributed by atoms with Crippen LogP contribution in [0.2, 0.25) is 0 Å². The number of carbonyl (C=O) groups excluding carboxylic acids is 1. The molecule has 8 atom stereocenters. The molecule has 0 radical (unpaired) electrons. The highest BCUT2D eigenvalue weighted by atomic mass is 16.3. The minimum atomic E-state index is -0.100. The highest BCUT2D eigenvalue weighted by molar-refractivity contribution is 5.79. The lowest BCUT2D eigenvalue weighted by Crippen LogP contribution is -2.51. The number of rotatable bonds is 3. The van der Waals surface area contributed by atoms with E-state index in [1.807, 2.05) is 0 Å². The Bertz CT molecular complexity index is 706. The second-order valence-electron chi connectivity index (χ2n) is 12.2. The Hall–Kier alpha value is -0.670. The molecule has 5 rings (SSSR count). The molecule has 3 heteroatoms. The summed E-state index contributed by atoms with van der Waals surface area (Å²) in [5, 5.41) is 10.2. The molecule has 3 nitrogen and oxygen atoms in total. The van der Waals surface area contributed by atoms with Crippen molar-refractivity contribution in [2.24, 2.45) is 40.4 Å². The standard InChI is InChI=1S/C27H43NO2/c1-18(17-28-14-10-20(29)11-15-28)23-6-7-24-22-5-4-19-16-21(30)8-12-26(19,2)25(22)9-13-27(23,24)3/h4,18,21-25,30H,5-17H2,1-3H3. The minimum absolute atomic E-state index is 0.100. The second kappa shape index (κ2) is 7.73. The van der Waals surface area contributed by atoms with Crippen molar-refractivity contribution < 1.29 is 9.90 Å². The van der Waals surface area contributed by atoms with Crippen LogP contribution in [0.3, 0.4) is 0 Å². The van der Waals surface area contributed by atoms with E-state index in [1.54, 1.807) is 5.57 Å². The number of nitrogens with zero attached hydrogens (tertiary/aromatic N) is 1. The SMILES string of the molecule is CC(CN1CCC(=O)CC1)C1CCC2C3CC=C4CC(O)CCC4(C)C3CCC12C. The number of fused-ring (bicyclic) bond motifs is 5. The summed E-state index contributed by atoms with van der Waals surface area (Å²) in [5.74, 6) is 4.61. The number of hydrogen-bond acceptors (Lipinski definition) is 3. The summed E-state index contributed by atoms with van der Waals surface area (Å²) in [6, 6.07) is 0. The number of hydrogen-bond donors (Lipinski definition) is 1. The van der Waals surface area contributed by atoms with E-state index in [0.29, 0.717) is 16.6 Å². The largest absolute Gasteiger partial charge is 0.393 e. The Morgan fingerprint density at radius 2 is 1.87 bits per heavy atom. The molecular weight excluding hydrogens is 370 g/mol. The molecule has 1 aliphatic heterocycles. The van der Waals surface area contributed by atoms with E-state index in [2.05, 4.69) is 31.7 Å². The van der Waals surface area contributed by atoms with Crippen molar-refractivity contribution in [3.05, 3.63) is 11.6 Å². The van der Waals surface area contributed by atoms with Crippen LogP contribution in [-0.4, -0.2) is 41.5 Å². The smallest absolute Gasteiger partial charge is 0.135 e. The molecule has 0 bridgehead atoms. The third-order valence-electron chi connectivity index (χ3n) is 10.8. The van der Waals surface area contributed by atoms with Crippen LogP contribution in [0.15, 0.2) is 11.6 Å². The molecule has 0 aromatic rings. The predicted octanol–water partition coefficient (Wildman–Crippen LogP) is 5.23. The van der Waals surface area contributed by atoms with E-state index in [4.69, 9.17) is 0 Å². The van der Waals surface area contributed by atoms with Gasteiger partial charge in [-0.2, -0.15) is 0 Å². The van der Waals surface area contributed by atoms with Crippen LogP contribution >= 0.6 is 0 Å². The molecule has 1 N–H and O–H groups in total. The van der Waals surface area contributed by atoms with E-state index < -0.39 is 0 Å². The first-order valence-electron chi connectivity index (χ1n) is 12.9. The van der Waals surface area contributed by atoms with Gasteiger partial charge in [-0.25, -0.2) is 0 Å². The minimum Gasteiger partial charge on any atom is -0.393 e. The summed E-state index contributed by atoms with van der Waals surface area (Å²) in [6.45, 7) is 10.8. The van der Waals surface area contributed by atoms with Crippen molar-refractivity contribution in [2.45, 2.75) is 91.1 Å². The van der Waals surface area contributed by atoms with Crippen molar-refractivity contribution in [1.82, 2.24) is 4.90 Å². The van der Waals surface area contributed by atoms with Gasteiger partial charge < -0.3 is 10.0 Å². The zero-order valence-electron chi connectivity index (χ0n) is 19.5. The fourth-order valence-electron chi connectivity index (χ4n) is 9.14. The molecule has 3 saturated carbocycles. The van der Waals surface area contributed by atoms with E-state index >= 15 is 0 Å². The van der Waals surface area contributed by atoms with Crippen molar-refractivity contribution >= 4 is 5.78 Å². The van der Waals surface area contributed by atoms with Gasteiger partial charge in [0.25, 0.3) is 0 Å². The number of allylic oxidation sites excluding steroid dienone is 1. The van der Waals surface area contributed by atoms with Crippen LogP contribution in [0.4, 0.5) is 0 Å². The Morgan fingerprint density at radius 3 is 2.63 bits per heavy atom. The van der Waals surface area contributed by atoms with Crippen LogP contribution in [0.25, 0.3) is 0 Å². The summed E-state index contributed by atoms with van der Waals surface area (Å²) in [6.07, 6.45) is 14.0. The van der Waals surface area contributed by atoms with E-state index in [0.717, 1.165) is 68.4 Å². The second-order valence-corrected chi connectivity index (χ2v) is 12.2. The molecule has 0 aromatic carbocycles. The summed E-state index contributed by atoms with van der Waals surface area (Å²) in [4.78, 5) is 14.2. The van der Waals surface area contributed by atoms with Gasteiger partial charge in [0.2, 0.25) is 0 Å². The van der Waals surface area contributed by atoms with Crippen LogP contribution in [0.5, 0.6) is 0 Å². The highest BCUT2D eigenvalue weighted by Gasteiger charge is 2.59. The van der Waals surface area contributed by atoms with Crippen molar-refractivity contribution in [3.8, 4) is 0 Å². The molecule has 4 fully saturated rings. The number of ketones is 1. The first kappa shape index (κ1) is 21.2. The van der Waals surface area contributed by atoms with E-state index in [-0.39, 0.29) is 6.10 Å². The predicted molar refractivity (Wildman–Crippen MR) is 121 cm³/mol. The average Bonchev–Trinajstić information content (AvgIpc) is 3.07. The first-order valence-corrected chi connectivity index (χ1v) is 12.9. The Labute approximate surface area is 183 Å². The van der Waals surface area contributed by atoms with E-state index in [1.165, 1.54) is 45.1 Å². The molecule has 0 spiro atoms. The van der Waals surface area contributed by atoms with Crippen molar-refractivity contribution in [1.29, 1.82) is 0 Å². The molecule has 4 aliphatic carbocycles. The van der Waals surface area contributed by atoms with Gasteiger partial charge in [0.05, 0.1) is 6.10 Å². The molecular formula is C27H43NO2. The molecule has 168 valence electrons. The average molecular weight is 414 g/mol. The number of likely N-dealkylation sites (tertiary alicyclic amines) is 1. The Balaban J connectivity index is 1.31. The maximum Gasteiger partial charge on any atom is 0.135 e. The molecule has 0 aromatic heterocycles. The summed E-state index contributed by atoms with van der Waals surface area (Å²) < 4.78 is 0. The lowest BCUT2D eigenvalue weighted by atomic mass is 9.47. The van der Waals surface area contributed by atoms with Gasteiger partial charge in [-0.05, 0) is 91.8 Å². The summed E-state index contributed by atoms with van der Waals surface area (Å²) >= 11 is 0. The molecule has 1 heterocycles. The van der Waals surface area contributed by atoms with Gasteiger partial charge in [-0.1, -0.05) is 32.4 Å². The Kier molecular flexibility index (Phi) is 5.46. The van der Waals surface area contributed by atoms with Gasteiger partial charge in [0, 0.05) is 32.5 Å². The van der Waals surface area contributed by atoms with Crippen LogP contribution in [-0.2, 0) is 4.79 Å². The number of piperidine rings is 1. The van der Waals surface area contributed by atoms with Crippen LogP contribution in [0, 0.1) is 40.4 Å². The van der Waals surface area contributed by atoms with Gasteiger partial charge in [-0.15, -0.1) is 0 Å².